The van der Waals surface area contributed by atoms with Gasteiger partial charge < -0.3 is 15.7 Å². The molecule has 1 amide bonds. The number of aromatic nitrogens is 3. The van der Waals surface area contributed by atoms with Crippen molar-refractivity contribution in [3.05, 3.63) is 47.8 Å². The first-order chi connectivity index (χ1) is 11.7. The van der Waals surface area contributed by atoms with Crippen molar-refractivity contribution in [3.8, 4) is 0 Å². The number of halogens is 1. The highest BCUT2D eigenvalue weighted by Gasteiger charge is 2.19. The monoisotopic (exact) mass is 365 g/mol. The molecule has 1 aromatic carbocycles. The van der Waals surface area contributed by atoms with Gasteiger partial charge in [-0.05, 0) is 31.5 Å². The van der Waals surface area contributed by atoms with Gasteiger partial charge in [-0.1, -0.05) is 35.5 Å². The molecule has 0 saturated carbocycles. The van der Waals surface area contributed by atoms with Gasteiger partial charge in [-0.2, -0.15) is 0 Å². The van der Waals surface area contributed by atoms with Crippen LogP contribution in [0.3, 0.4) is 0 Å². The predicted octanol–water partition coefficient (Wildman–Crippen LogP) is 0.958. The van der Waals surface area contributed by atoms with E-state index in [0.717, 1.165) is 31.5 Å². The number of aliphatic hydroxyl groups is 1. The van der Waals surface area contributed by atoms with Gasteiger partial charge in [0.05, 0.1) is 18.3 Å². The van der Waals surface area contributed by atoms with E-state index in [2.05, 4.69) is 20.9 Å². The first kappa shape index (κ1) is 19.4. The van der Waals surface area contributed by atoms with E-state index < -0.39 is 6.10 Å². The van der Waals surface area contributed by atoms with Gasteiger partial charge in [0.2, 0.25) is 0 Å². The third kappa shape index (κ3) is 5.52. The Morgan fingerprint density at radius 1 is 1.32 bits per heavy atom. The van der Waals surface area contributed by atoms with Crippen LogP contribution >= 0.6 is 12.4 Å². The fourth-order valence-electron chi connectivity index (χ4n) is 2.89. The SMILES string of the molecule is Cl.O=C(NCC(O)Cc1ccccc1)c1cn(C2CCNCC2)nn1. The van der Waals surface area contributed by atoms with Crippen molar-refractivity contribution in [2.45, 2.75) is 31.4 Å². The van der Waals surface area contributed by atoms with Crippen molar-refractivity contribution >= 4 is 18.3 Å². The van der Waals surface area contributed by atoms with Crippen LogP contribution in [-0.4, -0.2) is 51.7 Å². The molecule has 0 bridgehead atoms. The number of carbonyl (C=O) groups excluding carboxylic acids is 1. The Morgan fingerprint density at radius 2 is 2.04 bits per heavy atom. The zero-order valence-electron chi connectivity index (χ0n) is 14.0. The molecule has 1 aliphatic rings. The van der Waals surface area contributed by atoms with Crippen molar-refractivity contribution in [2.24, 2.45) is 0 Å². The number of amides is 1. The second-order valence-corrected chi connectivity index (χ2v) is 6.12. The summed E-state index contributed by atoms with van der Waals surface area (Å²) in [7, 11) is 0. The number of benzene rings is 1. The molecule has 0 aliphatic carbocycles. The average molecular weight is 366 g/mol. The predicted molar refractivity (Wildman–Crippen MR) is 96.9 cm³/mol. The van der Waals surface area contributed by atoms with E-state index in [1.165, 1.54) is 0 Å². The van der Waals surface area contributed by atoms with E-state index in [9.17, 15) is 9.90 Å². The van der Waals surface area contributed by atoms with E-state index in [-0.39, 0.29) is 24.9 Å². The summed E-state index contributed by atoms with van der Waals surface area (Å²) < 4.78 is 1.77. The molecule has 1 unspecified atom stereocenters. The fraction of sp³-hybridized carbons (Fsp3) is 0.471. The molecule has 1 fully saturated rings. The molecular weight excluding hydrogens is 342 g/mol. The number of rotatable bonds is 6. The summed E-state index contributed by atoms with van der Waals surface area (Å²) in [6, 6.07) is 10.00. The molecule has 2 aromatic rings. The van der Waals surface area contributed by atoms with E-state index in [4.69, 9.17) is 0 Å². The normalized spacial score (nSPS) is 16.0. The number of aliphatic hydroxyl groups excluding tert-OH is 1. The molecule has 1 aromatic heterocycles. The van der Waals surface area contributed by atoms with Crippen molar-refractivity contribution in [1.82, 2.24) is 25.6 Å². The van der Waals surface area contributed by atoms with Gasteiger partial charge in [-0.25, -0.2) is 4.68 Å². The zero-order chi connectivity index (χ0) is 16.8. The van der Waals surface area contributed by atoms with Crippen LogP contribution in [0.4, 0.5) is 0 Å². The summed E-state index contributed by atoms with van der Waals surface area (Å²) in [5.41, 5.74) is 1.33. The maximum absolute atomic E-state index is 12.1. The van der Waals surface area contributed by atoms with Crippen LogP contribution in [0.2, 0.25) is 0 Å². The lowest BCUT2D eigenvalue weighted by Crippen LogP contribution is -2.33. The summed E-state index contributed by atoms with van der Waals surface area (Å²) in [5, 5.41) is 24.1. The number of nitrogens with one attached hydrogen (secondary N) is 2. The smallest absolute Gasteiger partial charge is 0.273 e. The molecule has 3 N–H and O–H groups in total. The minimum Gasteiger partial charge on any atom is -0.391 e. The minimum atomic E-state index is -0.629. The average Bonchev–Trinajstić information content (AvgIpc) is 3.11. The third-order valence-electron chi connectivity index (χ3n) is 4.24. The number of carbonyl (C=O) groups is 1. The summed E-state index contributed by atoms with van der Waals surface area (Å²) in [6.07, 6.45) is 3.54. The van der Waals surface area contributed by atoms with E-state index in [1.54, 1.807) is 10.9 Å². The Labute approximate surface area is 153 Å². The van der Waals surface area contributed by atoms with Crippen LogP contribution < -0.4 is 10.6 Å². The standard InChI is InChI=1S/C17H23N5O2.ClH/c23-15(10-13-4-2-1-3-5-13)11-19-17(24)16-12-22(21-20-16)14-6-8-18-9-7-14;/h1-5,12,14-15,18,23H,6-11H2,(H,19,24);1H. The van der Waals surface area contributed by atoms with Gasteiger partial charge in [0.25, 0.3) is 5.91 Å². The van der Waals surface area contributed by atoms with Crippen molar-refractivity contribution in [2.75, 3.05) is 19.6 Å². The molecule has 1 aliphatic heterocycles. The topological polar surface area (TPSA) is 92.1 Å². The molecule has 2 heterocycles. The Kier molecular flexibility index (Phi) is 7.36. The Bertz CT molecular complexity index is 658. The molecule has 1 atom stereocenters. The molecule has 7 nitrogen and oxygen atoms in total. The maximum Gasteiger partial charge on any atom is 0.273 e. The van der Waals surface area contributed by atoms with Gasteiger partial charge in [0, 0.05) is 13.0 Å². The number of nitrogens with zero attached hydrogens (tertiary/aromatic N) is 3. The molecule has 0 spiro atoms. The van der Waals surface area contributed by atoms with Crippen LogP contribution in [0.5, 0.6) is 0 Å². The molecule has 3 rings (SSSR count). The summed E-state index contributed by atoms with van der Waals surface area (Å²) in [6.45, 7) is 2.10. The Morgan fingerprint density at radius 3 is 2.76 bits per heavy atom. The Hall–Kier alpha value is -1.96. The lowest BCUT2D eigenvalue weighted by atomic mass is 10.1. The Balaban J connectivity index is 0.00000225. The fourth-order valence-corrected chi connectivity index (χ4v) is 2.89. The van der Waals surface area contributed by atoms with Crippen molar-refractivity contribution < 1.29 is 9.90 Å². The molecule has 25 heavy (non-hydrogen) atoms. The van der Waals surface area contributed by atoms with Gasteiger partial charge in [-0.15, -0.1) is 17.5 Å². The van der Waals surface area contributed by atoms with Gasteiger partial charge >= 0.3 is 0 Å². The zero-order valence-corrected chi connectivity index (χ0v) is 14.8. The molecule has 8 heteroatoms. The highest BCUT2D eigenvalue weighted by molar-refractivity contribution is 5.91. The van der Waals surface area contributed by atoms with Gasteiger partial charge in [0.15, 0.2) is 5.69 Å². The second-order valence-electron chi connectivity index (χ2n) is 6.12. The quantitative estimate of drug-likeness (QED) is 0.709. The first-order valence-corrected chi connectivity index (χ1v) is 8.35. The largest absolute Gasteiger partial charge is 0.391 e. The first-order valence-electron chi connectivity index (χ1n) is 8.35. The highest BCUT2D eigenvalue weighted by Crippen LogP contribution is 2.16. The highest BCUT2D eigenvalue weighted by atomic mass is 35.5. The number of hydrogen-bond donors (Lipinski definition) is 3. The van der Waals surface area contributed by atoms with Crippen molar-refractivity contribution in [3.63, 3.8) is 0 Å². The van der Waals surface area contributed by atoms with Crippen LogP contribution in [-0.2, 0) is 6.42 Å². The summed E-state index contributed by atoms with van der Waals surface area (Å²) in [4.78, 5) is 12.1. The van der Waals surface area contributed by atoms with Crippen LogP contribution in [0.1, 0.15) is 34.9 Å². The molecular formula is C17H24ClN5O2. The maximum atomic E-state index is 12.1. The lowest BCUT2D eigenvalue weighted by Gasteiger charge is -2.22. The van der Waals surface area contributed by atoms with Crippen molar-refractivity contribution in [1.29, 1.82) is 0 Å². The molecule has 136 valence electrons. The minimum absolute atomic E-state index is 0. The summed E-state index contributed by atoms with van der Waals surface area (Å²) >= 11 is 0. The van der Waals surface area contributed by atoms with Crippen LogP contribution in [0, 0.1) is 0 Å². The number of hydrogen-bond acceptors (Lipinski definition) is 5. The van der Waals surface area contributed by atoms with Gasteiger partial charge in [-0.3, -0.25) is 4.79 Å². The number of piperidine rings is 1. The summed E-state index contributed by atoms with van der Waals surface area (Å²) in [5.74, 6) is -0.303. The molecule has 1 saturated heterocycles. The van der Waals surface area contributed by atoms with Crippen LogP contribution in [0.25, 0.3) is 0 Å². The second kappa shape index (κ2) is 9.50. The van der Waals surface area contributed by atoms with E-state index >= 15 is 0 Å². The van der Waals surface area contributed by atoms with E-state index in [1.807, 2.05) is 30.3 Å². The lowest BCUT2D eigenvalue weighted by molar-refractivity contribution is 0.0911. The molecule has 0 radical (unpaired) electrons. The third-order valence-corrected chi connectivity index (χ3v) is 4.24. The van der Waals surface area contributed by atoms with Gasteiger partial charge in [0.1, 0.15) is 0 Å². The van der Waals surface area contributed by atoms with Crippen LogP contribution in [0.15, 0.2) is 36.5 Å². The van der Waals surface area contributed by atoms with E-state index in [0.29, 0.717) is 18.2 Å².